The van der Waals surface area contributed by atoms with Crippen LogP contribution in [0, 0.1) is 0 Å². The van der Waals surface area contributed by atoms with Gasteiger partial charge in [-0.2, -0.15) is 4.98 Å². The van der Waals surface area contributed by atoms with Crippen LogP contribution in [-0.4, -0.2) is 11.5 Å². The maximum Gasteiger partial charge on any atom is 0.299 e. The summed E-state index contributed by atoms with van der Waals surface area (Å²) >= 11 is 0. The van der Waals surface area contributed by atoms with Crippen molar-refractivity contribution >= 4 is 11.7 Å². The van der Waals surface area contributed by atoms with Crippen LogP contribution in [0.2, 0.25) is 0 Å². The third kappa shape index (κ3) is 2.85. The molecule has 1 aromatic heterocycles. The minimum absolute atomic E-state index is 0.523. The minimum atomic E-state index is 0.523. The summed E-state index contributed by atoms with van der Waals surface area (Å²) in [6.07, 6.45) is 3.35. The Labute approximate surface area is 101 Å². The molecule has 0 unspecified atom stereocenters. The van der Waals surface area contributed by atoms with Crippen molar-refractivity contribution in [2.75, 3.05) is 11.9 Å². The topological polar surface area (TPSA) is 64.1 Å². The fourth-order valence-corrected chi connectivity index (χ4v) is 1.69. The van der Waals surface area contributed by atoms with Crippen LogP contribution in [-0.2, 0) is 12.8 Å². The Kier molecular flexibility index (Phi) is 3.77. The number of aromatic nitrogens is 1. The second-order valence-corrected chi connectivity index (χ2v) is 3.82. The Morgan fingerprint density at radius 3 is 2.94 bits per heavy atom. The zero-order valence-corrected chi connectivity index (χ0v) is 9.94. The van der Waals surface area contributed by atoms with Gasteiger partial charge in [0, 0.05) is 12.1 Å². The fraction of sp³-hybridized carbons (Fsp3) is 0.308. The lowest BCUT2D eigenvalue weighted by Crippen LogP contribution is -2.03. The molecule has 0 radical (unpaired) electrons. The van der Waals surface area contributed by atoms with E-state index >= 15 is 0 Å². The normalized spacial score (nSPS) is 10.5. The van der Waals surface area contributed by atoms with Crippen molar-refractivity contribution in [3.63, 3.8) is 0 Å². The van der Waals surface area contributed by atoms with E-state index in [4.69, 9.17) is 10.2 Å². The lowest BCUT2D eigenvalue weighted by atomic mass is 10.1. The van der Waals surface area contributed by atoms with Gasteiger partial charge in [-0.1, -0.05) is 25.1 Å². The third-order valence-corrected chi connectivity index (χ3v) is 2.59. The lowest BCUT2D eigenvalue weighted by molar-refractivity contribution is 0.575. The molecule has 0 atom stereocenters. The van der Waals surface area contributed by atoms with Gasteiger partial charge in [0.15, 0.2) is 0 Å². The van der Waals surface area contributed by atoms with Crippen LogP contribution in [0.1, 0.15) is 18.2 Å². The third-order valence-electron chi connectivity index (χ3n) is 2.59. The molecule has 0 aliphatic carbocycles. The highest BCUT2D eigenvalue weighted by molar-refractivity contribution is 5.57. The number of aryl methyl sites for hydroxylation is 1. The van der Waals surface area contributed by atoms with Gasteiger partial charge >= 0.3 is 0 Å². The van der Waals surface area contributed by atoms with Gasteiger partial charge in [-0.05, 0) is 24.6 Å². The fourth-order valence-electron chi connectivity index (χ4n) is 1.69. The molecule has 0 aliphatic heterocycles. The van der Waals surface area contributed by atoms with Crippen LogP contribution in [0.5, 0.6) is 0 Å². The van der Waals surface area contributed by atoms with Crippen molar-refractivity contribution in [3.8, 4) is 0 Å². The first-order valence-corrected chi connectivity index (χ1v) is 5.83. The Morgan fingerprint density at radius 2 is 2.18 bits per heavy atom. The van der Waals surface area contributed by atoms with Crippen LogP contribution < -0.4 is 11.1 Å². The van der Waals surface area contributed by atoms with Gasteiger partial charge in [-0.15, -0.1) is 0 Å². The summed E-state index contributed by atoms with van der Waals surface area (Å²) in [6, 6.07) is 8.65. The van der Waals surface area contributed by atoms with E-state index in [-0.39, 0.29) is 0 Å². The number of para-hydroxylation sites is 1. The number of nitrogens with one attached hydrogen (secondary N) is 1. The first kappa shape index (κ1) is 11.7. The standard InChI is InChI=1S/C13H17N3O/c1-2-10-5-3-4-6-12(10)16-13-15-11(7-8-14)9-17-13/h3-6,9H,2,7-8,14H2,1H3,(H,15,16). The maximum absolute atomic E-state index is 5.47. The van der Waals surface area contributed by atoms with E-state index in [0.717, 1.165) is 24.2 Å². The number of oxazole rings is 1. The maximum atomic E-state index is 5.47. The van der Waals surface area contributed by atoms with Crippen molar-refractivity contribution in [1.29, 1.82) is 0 Å². The molecule has 2 rings (SSSR count). The Hall–Kier alpha value is -1.81. The van der Waals surface area contributed by atoms with Gasteiger partial charge in [0.05, 0.1) is 5.69 Å². The summed E-state index contributed by atoms with van der Waals surface area (Å²) in [4.78, 5) is 4.31. The number of hydrogen-bond donors (Lipinski definition) is 2. The molecule has 0 amide bonds. The largest absolute Gasteiger partial charge is 0.432 e. The number of nitrogens with two attached hydrogens (primary N) is 1. The van der Waals surface area contributed by atoms with E-state index in [1.807, 2.05) is 18.2 Å². The Morgan fingerprint density at radius 1 is 1.35 bits per heavy atom. The molecular weight excluding hydrogens is 214 g/mol. The van der Waals surface area contributed by atoms with Gasteiger partial charge in [0.25, 0.3) is 6.01 Å². The number of hydrogen-bond acceptors (Lipinski definition) is 4. The van der Waals surface area contributed by atoms with Gasteiger partial charge in [0.1, 0.15) is 6.26 Å². The Bertz CT molecular complexity index is 479. The molecular formula is C13H17N3O. The first-order valence-electron chi connectivity index (χ1n) is 5.83. The summed E-state index contributed by atoms with van der Waals surface area (Å²) in [5.74, 6) is 0. The molecule has 90 valence electrons. The van der Waals surface area contributed by atoms with Gasteiger partial charge < -0.3 is 15.5 Å². The number of rotatable bonds is 5. The van der Waals surface area contributed by atoms with E-state index in [9.17, 15) is 0 Å². The van der Waals surface area contributed by atoms with E-state index in [1.165, 1.54) is 5.56 Å². The van der Waals surface area contributed by atoms with Gasteiger partial charge in [0.2, 0.25) is 0 Å². The van der Waals surface area contributed by atoms with Gasteiger partial charge in [-0.3, -0.25) is 0 Å². The highest BCUT2D eigenvalue weighted by Crippen LogP contribution is 2.20. The predicted molar refractivity (Wildman–Crippen MR) is 68.4 cm³/mol. The van der Waals surface area contributed by atoms with Crippen molar-refractivity contribution in [1.82, 2.24) is 4.98 Å². The monoisotopic (exact) mass is 231 g/mol. The molecule has 0 spiro atoms. The number of benzene rings is 1. The van der Waals surface area contributed by atoms with Crippen molar-refractivity contribution in [3.05, 3.63) is 41.8 Å². The highest BCUT2D eigenvalue weighted by Gasteiger charge is 2.05. The molecule has 17 heavy (non-hydrogen) atoms. The molecule has 3 N–H and O–H groups in total. The average Bonchev–Trinajstić information content (AvgIpc) is 2.78. The lowest BCUT2D eigenvalue weighted by Gasteiger charge is -2.06. The second-order valence-electron chi connectivity index (χ2n) is 3.82. The molecule has 1 heterocycles. The molecule has 1 aromatic carbocycles. The van der Waals surface area contributed by atoms with Crippen molar-refractivity contribution in [2.45, 2.75) is 19.8 Å². The summed E-state index contributed by atoms with van der Waals surface area (Å²) < 4.78 is 5.34. The quantitative estimate of drug-likeness (QED) is 0.829. The van der Waals surface area contributed by atoms with E-state index in [0.29, 0.717) is 12.6 Å². The smallest absolute Gasteiger partial charge is 0.299 e. The van der Waals surface area contributed by atoms with Crippen LogP contribution in [0.25, 0.3) is 0 Å². The molecule has 0 bridgehead atoms. The Balaban J connectivity index is 2.13. The highest BCUT2D eigenvalue weighted by atomic mass is 16.4. The summed E-state index contributed by atoms with van der Waals surface area (Å²) in [5, 5.41) is 3.18. The molecule has 0 aliphatic rings. The van der Waals surface area contributed by atoms with Gasteiger partial charge in [-0.25, -0.2) is 0 Å². The first-order chi connectivity index (χ1) is 8.33. The zero-order valence-electron chi connectivity index (χ0n) is 9.94. The minimum Gasteiger partial charge on any atom is -0.432 e. The average molecular weight is 231 g/mol. The molecule has 0 fully saturated rings. The van der Waals surface area contributed by atoms with Crippen LogP contribution in [0.4, 0.5) is 11.7 Å². The van der Waals surface area contributed by atoms with Crippen LogP contribution in [0.3, 0.4) is 0 Å². The predicted octanol–water partition coefficient (Wildman–Crippen LogP) is 2.48. The SMILES string of the molecule is CCc1ccccc1Nc1nc(CCN)co1. The van der Waals surface area contributed by atoms with Crippen LogP contribution in [0.15, 0.2) is 34.9 Å². The van der Waals surface area contributed by atoms with E-state index in [1.54, 1.807) is 6.26 Å². The molecule has 0 saturated heterocycles. The summed E-state index contributed by atoms with van der Waals surface area (Å²) in [6.45, 7) is 2.70. The van der Waals surface area contributed by atoms with Crippen molar-refractivity contribution in [2.24, 2.45) is 5.73 Å². The molecule has 0 saturated carbocycles. The molecule has 4 heteroatoms. The zero-order chi connectivity index (χ0) is 12.1. The second kappa shape index (κ2) is 5.50. The molecule has 2 aromatic rings. The van der Waals surface area contributed by atoms with Crippen molar-refractivity contribution < 1.29 is 4.42 Å². The number of nitrogens with zero attached hydrogens (tertiary/aromatic N) is 1. The van der Waals surface area contributed by atoms with E-state index in [2.05, 4.69) is 23.3 Å². The molecule has 4 nitrogen and oxygen atoms in total. The summed E-state index contributed by atoms with van der Waals surface area (Å²) in [5.41, 5.74) is 8.62. The van der Waals surface area contributed by atoms with Crippen LogP contribution >= 0.6 is 0 Å². The van der Waals surface area contributed by atoms with E-state index < -0.39 is 0 Å². The summed E-state index contributed by atoms with van der Waals surface area (Å²) in [7, 11) is 0. The number of anilines is 2.